The van der Waals surface area contributed by atoms with Crippen molar-refractivity contribution in [2.75, 3.05) is 25.0 Å². The molecule has 3 aromatic rings. The standard InChI is InChI=1S/C24H26FN5O4/c1-26-22(31)20-11-18(34-28-20)14-30(23(32)33)17-12-24(13-17)6-8-29(9-7-24)21-5-2-15-10-16(25)3-4-19(15)27-21/h2-5,10-11,17H,6-9,12-14H2,1H3,(H,26,31)(H,32,33). The van der Waals surface area contributed by atoms with E-state index in [4.69, 9.17) is 9.51 Å². The number of hydrogen-bond donors (Lipinski definition) is 2. The van der Waals surface area contributed by atoms with E-state index in [1.807, 2.05) is 12.1 Å². The van der Waals surface area contributed by atoms with Crippen LogP contribution in [-0.2, 0) is 6.54 Å². The van der Waals surface area contributed by atoms with Crippen LogP contribution in [0.4, 0.5) is 15.0 Å². The van der Waals surface area contributed by atoms with E-state index in [1.165, 1.54) is 30.1 Å². The fourth-order valence-corrected chi connectivity index (χ4v) is 5.18. The Balaban J connectivity index is 1.19. The first-order valence-electron chi connectivity index (χ1n) is 11.3. The number of anilines is 1. The third kappa shape index (κ3) is 4.15. The average molecular weight is 468 g/mol. The molecule has 3 heterocycles. The van der Waals surface area contributed by atoms with Gasteiger partial charge in [-0.15, -0.1) is 0 Å². The summed E-state index contributed by atoms with van der Waals surface area (Å²) in [7, 11) is 1.50. The van der Waals surface area contributed by atoms with Crippen molar-refractivity contribution >= 4 is 28.7 Å². The van der Waals surface area contributed by atoms with Crippen LogP contribution in [0.25, 0.3) is 10.9 Å². The van der Waals surface area contributed by atoms with E-state index in [0.717, 1.165) is 55.5 Å². The van der Waals surface area contributed by atoms with Gasteiger partial charge in [-0.2, -0.15) is 0 Å². The van der Waals surface area contributed by atoms with Crippen molar-refractivity contribution in [1.29, 1.82) is 0 Å². The average Bonchev–Trinajstić information content (AvgIpc) is 3.29. The first-order chi connectivity index (χ1) is 16.4. The Bertz CT molecular complexity index is 1230. The Morgan fingerprint density at radius 3 is 2.71 bits per heavy atom. The number of hydrogen-bond acceptors (Lipinski definition) is 6. The topological polar surface area (TPSA) is 112 Å². The fraction of sp³-hybridized carbons (Fsp3) is 0.417. The first kappa shape index (κ1) is 22.1. The van der Waals surface area contributed by atoms with E-state index in [2.05, 4.69) is 15.4 Å². The van der Waals surface area contributed by atoms with Crippen LogP contribution >= 0.6 is 0 Å². The van der Waals surface area contributed by atoms with Gasteiger partial charge in [0.1, 0.15) is 11.6 Å². The number of amides is 2. The highest BCUT2D eigenvalue weighted by atomic mass is 19.1. The van der Waals surface area contributed by atoms with Gasteiger partial charge in [0.2, 0.25) is 0 Å². The summed E-state index contributed by atoms with van der Waals surface area (Å²) < 4.78 is 18.6. The summed E-state index contributed by atoms with van der Waals surface area (Å²) in [4.78, 5) is 31.9. The second-order valence-corrected chi connectivity index (χ2v) is 9.22. The molecule has 0 unspecified atom stereocenters. The summed E-state index contributed by atoms with van der Waals surface area (Å²) in [6.07, 6.45) is 2.51. The molecule has 178 valence electrons. The van der Waals surface area contributed by atoms with E-state index < -0.39 is 6.09 Å². The molecular formula is C24H26FN5O4. The van der Waals surface area contributed by atoms with Gasteiger partial charge in [0.15, 0.2) is 11.5 Å². The Morgan fingerprint density at radius 2 is 2.00 bits per heavy atom. The smallest absolute Gasteiger partial charge is 0.407 e. The number of carboxylic acid groups (broad SMARTS) is 1. The molecule has 9 nitrogen and oxygen atoms in total. The van der Waals surface area contributed by atoms with Crippen molar-refractivity contribution < 1.29 is 23.6 Å². The molecule has 1 aliphatic heterocycles. The summed E-state index contributed by atoms with van der Waals surface area (Å²) >= 11 is 0. The van der Waals surface area contributed by atoms with E-state index in [1.54, 1.807) is 6.07 Å². The molecule has 1 aromatic carbocycles. The van der Waals surface area contributed by atoms with Crippen LogP contribution in [0.1, 0.15) is 41.9 Å². The Hall–Kier alpha value is -3.69. The number of fused-ring (bicyclic) bond motifs is 1. The number of rotatable bonds is 5. The van der Waals surface area contributed by atoms with Crippen molar-refractivity contribution in [3.05, 3.63) is 53.7 Å². The molecule has 2 fully saturated rings. The number of pyridine rings is 1. The molecule has 2 aliphatic rings. The third-order valence-electron chi connectivity index (χ3n) is 7.15. The van der Waals surface area contributed by atoms with Gasteiger partial charge in [0.05, 0.1) is 12.1 Å². The number of benzene rings is 1. The molecule has 5 rings (SSSR count). The number of halogens is 1. The number of carbonyl (C=O) groups is 2. The van der Waals surface area contributed by atoms with Crippen LogP contribution in [0, 0.1) is 11.2 Å². The van der Waals surface area contributed by atoms with Crippen LogP contribution in [0.2, 0.25) is 0 Å². The molecule has 34 heavy (non-hydrogen) atoms. The number of piperidine rings is 1. The summed E-state index contributed by atoms with van der Waals surface area (Å²) in [5.41, 5.74) is 1.03. The van der Waals surface area contributed by atoms with Crippen LogP contribution in [0.3, 0.4) is 0 Å². The van der Waals surface area contributed by atoms with Gasteiger partial charge in [-0.25, -0.2) is 14.2 Å². The SMILES string of the molecule is CNC(=O)c1cc(CN(C(=O)O)C2CC3(CCN(c4ccc5cc(F)ccc5n4)CC3)C2)on1. The molecule has 2 aromatic heterocycles. The lowest BCUT2D eigenvalue weighted by atomic mass is 9.60. The van der Waals surface area contributed by atoms with E-state index >= 15 is 0 Å². The number of nitrogens with one attached hydrogen (secondary N) is 1. The van der Waals surface area contributed by atoms with Crippen molar-refractivity contribution in [2.24, 2.45) is 5.41 Å². The van der Waals surface area contributed by atoms with Crippen LogP contribution < -0.4 is 10.2 Å². The van der Waals surface area contributed by atoms with E-state index in [9.17, 15) is 19.1 Å². The zero-order valence-electron chi connectivity index (χ0n) is 18.8. The maximum Gasteiger partial charge on any atom is 0.407 e. The second kappa shape index (κ2) is 8.58. The number of aromatic nitrogens is 2. The highest BCUT2D eigenvalue weighted by molar-refractivity contribution is 5.91. The predicted octanol–water partition coefficient (Wildman–Crippen LogP) is 3.65. The van der Waals surface area contributed by atoms with Crippen molar-refractivity contribution in [2.45, 2.75) is 38.3 Å². The van der Waals surface area contributed by atoms with Gasteiger partial charge in [0, 0.05) is 37.6 Å². The third-order valence-corrected chi connectivity index (χ3v) is 7.15. The van der Waals surface area contributed by atoms with Crippen LogP contribution in [0.5, 0.6) is 0 Å². The molecule has 0 radical (unpaired) electrons. The normalized spacial score (nSPS) is 17.5. The van der Waals surface area contributed by atoms with Gasteiger partial charge in [-0.05, 0) is 61.4 Å². The number of carbonyl (C=O) groups excluding carboxylic acids is 1. The zero-order chi connectivity index (χ0) is 23.9. The van der Waals surface area contributed by atoms with Gasteiger partial charge in [-0.1, -0.05) is 5.16 Å². The molecule has 2 amide bonds. The van der Waals surface area contributed by atoms with Crippen molar-refractivity contribution in [1.82, 2.24) is 20.4 Å². The minimum absolute atomic E-state index is 0.0633. The lowest BCUT2D eigenvalue weighted by molar-refractivity contribution is -0.0149. The van der Waals surface area contributed by atoms with E-state index in [0.29, 0.717) is 5.76 Å². The summed E-state index contributed by atoms with van der Waals surface area (Å²) in [5.74, 6) is 0.583. The Labute approximate surface area is 195 Å². The molecule has 10 heteroatoms. The maximum atomic E-state index is 13.4. The Kier molecular flexibility index (Phi) is 5.59. The minimum atomic E-state index is -1.01. The Morgan fingerprint density at radius 1 is 1.24 bits per heavy atom. The highest BCUT2D eigenvalue weighted by Crippen LogP contribution is 2.51. The van der Waals surface area contributed by atoms with Crippen LogP contribution in [0.15, 0.2) is 40.9 Å². The molecule has 1 saturated carbocycles. The fourth-order valence-electron chi connectivity index (χ4n) is 5.18. The molecular weight excluding hydrogens is 441 g/mol. The summed E-state index contributed by atoms with van der Waals surface area (Å²) in [5, 5.41) is 16.7. The van der Waals surface area contributed by atoms with Crippen molar-refractivity contribution in [3.8, 4) is 0 Å². The van der Waals surface area contributed by atoms with Gasteiger partial charge >= 0.3 is 6.09 Å². The minimum Gasteiger partial charge on any atom is -0.465 e. The highest BCUT2D eigenvalue weighted by Gasteiger charge is 2.49. The molecule has 1 saturated heterocycles. The molecule has 1 spiro atoms. The van der Waals surface area contributed by atoms with Crippen LogP contribution in [-0.4, -0.2) is 58.3 Å². The van der Waals surface area contributed by atoms with Gasteiger partial charge in [0.25, 0.3) is 5.91 Å². The zero-order valence-corrected chi connectivity index (χ0v) is 18.8. The summed E-state index contributed by atoms with van der Waals surface area (Å²) in [6.45, 7) is 1.75. The van der Waals surface area contributed by atoms with Crippen molar-refractivity contribution in [3.63, 3.8) is 0 Å². The summed E-state index contributed by atoms with van der Waals surface area (Å²) in [6, 6.07) is 9.82. The maximum absolute atomic E-state index is 13.4. The molecule has 2 N–H and O–H groups in total. The van der Waals surface area contributed by atoms with E-state index in [-0.39, 0.29) is 35.4 Å². The monoisotopic (exact) mass is 467 g/mol. The predicted molar refractivity (Wildman–Crippen MR) is 122 cm³/mol. The molecule has 0 atom stereocenters. The molecule has 0 bridgehead atoms. The second-order valence-electron chi connectivity index (χ2n) is 9.22. The van der Waals surface area contributed by atoms with Gasteiger partial charge < -0.3 is 19.8 Å². The lowest BCUT2D eigenvalue weighted by Gasteiger charge is -2.54. The molecule has 1 aliphatic carbocycles. The quantitative estimate of drug-likeness (QED) is 0.589. The first-order valence-corrected chi connectivity index (χ1v) is 11.3. The van der Waals surface area contributed by atoms with Gasteiger partial charge in [-0.3, -0.25) is 9.69 Å². The largest absolute Gasteiger partial charge is 0.465 e. The number of nitrogens with zero attached hydrogens (tertiary/aromatic N) is 4. The lowest BCUT2D eigenvalue weighted by Crippen LogP contribution is -2.56.